The van der Waals surface area contributed by atoms with E-state index >= 15 is 0 Å². The third-order valence-electron chi connectivity index (χ3n) is 3.53. The van der Waals surface area contributed by atoms with Crippen molar-refractivity contribution in [2.45, 2.75) is 18.8 Å². The van der Waals surface area contributed by atoms with Crippen LogP contribution in [0.25, 0.3) is 0 Å². The lowest BCUT2D eigenvalue weighted by Gasteiger charge is -2.39. The van der Waals surface area contributed by atoms with Crippen LogP contribution in [0.4, 0.5) is 11.4 Å². The van der Waals surface area contributed by atoms with E-state index < -0.39 is 0 Å². The SMILES string of the molecule is CC1CN(C)CCN1c1ccc(CCl)cc1[N+](=O)[O-]. The molecule has 1 heterocycles. The lowest BCUT2D eigenvalue weighted by atomic mass is 10.1. The molecule has 0 radical (unpaired) electrons. The van der Waals surface area contributed by atoms with Gasteiger partial charge in [-0.25, -0.2) is 0 Å². The van der Waals surface area contributed by atoms with E-state index in [0.717, 1.165) is 25.2 Å². The van der Waals surface area contributed by atoms with Crippen molar-refractivity contribution in [1.82, 2.24) is 4.90 Å². The topological polar surface area (TPSA) is 49.6 Å². The van der Waals surface area contributed by atoms with Crippen LogP contribution >= 0.6 is 11.6 Å². The fourth-order valence-corrected chi connectivity index (χ4v) is 2.71. The molecule has 104 valence electrons. The quantitative estimate of drug-likeness (QED) is 0.486. The molecule has 1 fully saturated rings. The second-order valence-corrected chi connectivity index (χ2v) is 5.29. The van der Waals surface area contributed by atoms with Crippen LogP contribution in [0.2, 0.25) is 0 Å². The summed E-state index contributed by atoms with van der Waals surface area (Å²) in [5, 5.41) is 11.2. The molecule has 6 heteroatoms. The van der Waals surface area contributed by atoms with Gasteiger partial charge < -0.3 is 9.80 Å². The van der Waals surface area contributed by atoms with Gasteiger partial charge in [0.25, 0.3) is 5.69 Å². The number of rotatable bonds is 3. The van der Waals surface area contributed by atoms with Crippen LogP contribution < -0.4 is 4.90 Å². The van der Waals surface area contributed by atoms with Crippen LogP contribution in [0.1, 0.15) is 12.5 Å². The van der Waals surface area contributed by atoms with E-state index in [2.05, 4.69) is 23.8 Å². The summed E-state index contributed by atoms with van der Waals surface area (Å²) in [6, 6.07) is 5.52. The summed E-state index contributed by atoms with van der Waals surface area (Å²) in [5.41, 5.74) is 1.62. The summed E-state index contributed by atoms with van der Waals surface area (Å²) in [6.07, 6.45) is 0. The van der Waals surface area contributed by atoms with E-state index in [-0.39, 0.29) is 16.7 Å². The van der Waals surface area contributed by atoms with Gasteiger partial charge in [0.1, 0.15) is 5.69 Å². The minimum atomic E-state index is -0.323. The average molecular weight is 284 g/mol. The van der Waals surface area contributed by atoms with Crippen molar-refractivity contribution in [3.05, 3.63) is 33.9 Å². The van der Waals surface area contributed by atoms with Crippen LogP contribution in [0.15, 0.2) is 18.2 Å². The maximum atomic E-state index is 11.2. The Morgan fingerprint density at radius 2 is 2.21 bits per heavy atom. The van der Waals surface area contributed by atoms with Crippen LogP contribution in [0.3, 0.4) is 0 Å². The largest absolute Gasteiger partial charge is 0.361 e. The van der Waals surface area contributed by atoms with Gasteiger partial charge in [0, 0.05) is 37.6 Å². The van der Waals surface area contributed by atoms with Gasteiger partial charge in [0.2, 0.25) is 0 Å². The van der Waals surface area contributed by atoms with Crippen molar-refractivity contribution in [2.75, 3.05) is 31.6 Å². The van der Waals surface area contributed by atoms with Crippen molar-refractivity contribution < 1.29 is 4.92 Å². The number of alkyl halides is 1. The fourth-order valence-electron chi connectivity index (χ4n) is 2.54. The maximum absolute atomic E-state index is 11.2. The molecule has 0 saturated carbocycles. The fraction of sp³-hybridized carbons (Fsp3) is 0.538. The van der Waals surface area contributed by atoms with Gasteiger partial charge in [-0.2, -0.15) is 0 Å². The van der Waals surface area contributed by atoms with Gasteiger partial charge in [-0.05, 0) is 25.6 Å². The number of halogens is 1. The predicted octanol–water partition coefficient (Wildman–Crippen LogP) is 2.47. The number of hydrogen-bond acceptors (Lipinski definition) is 4. The third-order valence-corrected chi connectivity index (χ3v) is 3.84. The Balaban J connectivity index is 2.36. The molecule has 5 nitrogen and oxygen atoms in total. The first-order chi connectivity index (χ1) is 9.02. The molecule has 0 spiro atoms. The Morgan fingerprint density at radius 3 is 2.79 bits per heavy atom. The van der Waals surface area contributed by atoms with Gasteiger partial charge in [-0.3, -0.25) is 10.1 Å². The second kappa shape index (κ2) is 5.75. The molecule has 2 rings (SSSR count). The van der Waals surface area contributed by atoms with Crippen molar-refractivity contribution >= 4 is 23.0 Å². The van der Waals surface area contributed by atoms with Crippen LogP contribution in [-0.2, 0) is 5.88 Å². The third kappa shape index (κ3) is 2.98. The maximum Gasteiger partial charge on any atom is 0.292 e. The zero-order chi connectivity index (χ0) is 14.0. The van der Waals surface area contributed by atoms with E-state index in [1.165, 1.54) is 0 Å². The summed E-state index contributed by atoms with van der Waals surface area (Å²) in [6.45, 7) is 4.72. The molecule has 0 aromatic heterocycles. The Bertz CT molecular complexity index is 481. The minimum absolute atomic E-state index is 0.148. The summed E-state index contributed by atoms with van der Waals surface area (Å²) in [7, 11) is 2.07. The lowest BCUT2D eigenvalue weighted by Crippen LogP contribution is -2.50. The Kier molecular flexibility index (Phi) is 4.27. The molecule has 1 aliphatic heterocycles. The number of piperazine rings is 1. The van der Waals surface area contributed by atoms with Crippen LogP contribution in [-0.4, -0.2) is 42.5 Å². The molecule has 19 heavy (non-hydrogen) atoms. The van der Waals surface area contributed by atoms with Crippen LogP contribution in [0, 0.1) is 10.1 Å². The smallest absolute Gasteiger partial charge is 0.292 e. The van der Waals surface area contributed by atoms with E-state index in [0.29, 0.717) is 11.6 Å². The van der Waals surface area contributed by atoms with Crippen molar-refractivity contribution in [1.29, 1.82) is 0 Å². The first-order valence-corrected chi connectivity index (χ1v) is 6.85. The normalized spacial score (nSPS) is 20.6. The lowest BCUT2D eigenvalue weighted by molar-refractivity contribution is -0.384. The van der Waals surface area contributed by atoms with E-state index in [9.17, 15) is 10.1 Å². The van der Waals surface area contributed by atoms with E-state index in [1.807, 2.05) is 12.1 Å². The number of hydrogen-bond donors (Lipinski definition) is 0. The van der Waals surface area contributed by atoms with Crippen molar-refractivity contribution in [2.24, 2.45) is 0 Å². The molecular formula is C13H18ClN3O2. The van der Waals surface area contributed by atoms with Gasteiger partial charge in [0.05, 0.1) is 4.92 Å². The summed E-state index contributed by atoms with van der Waals surface area (Å²) in [4.78, 5) is 15.2. The highest BCUT2D eigenvalue weighted by molar-refractivity contribution is 6.17. The molecule has 0 amide bonds. The predicted molar refractivity (Wildman–Crippen MR) is 77.0 cm³/mol. The molecule has 1 saturated heterocycles. The first kappa shape index (κ1) is 14.1. The summed E-state index contributed by atoms with van der Waals surface area (Å²) < 4.78 is 0. The number of nitro groups is 1. The van der Waals surface area contributed by atoms with Crippen molar-refractivity contribution in [3.8, 4) is 0 Å². The minimum Gasteiger partial charge on any atom is -0.361 e. The molecule has 1 aliphatic rings. The van der Waals surface area contributed by atoms with Gasteiger partial charge in [0.15, 0.2) is 0 Å². The molecular weight excluding hydrogens is 266 g/mol. The zero-order valence-electron chi connectivity index (χ0n) is 11.2. The molecule has 1 unspecified atom stereocenters. The molecule has 0 bridgehead atoms. The number of likely N-dealkylation sites (N-methyl/N-ethyl adjacent to an activating group) is 1. The molecule has 1 aromatic rings. The van der Waals surface area contributed by atoms with E-state index in [4.69, 9.17) is 11.6 Å². The monoisotopic (exact) mass is 283 g/mol. The molecule has 0 N–H and O–H groups in total. The first-order valence-electron chi connectivity index (χ1n) is 6.31. The van der Waals surface area contributed by atoms with Gasteiger partial charge in [-0.1, -0.05) is 6.07 Å². The summed E-state index contributed by atoms with van der Waals surface area (Å²) >= 11 is 5.75. The molecule has 1 atom stereocenters. The highest BCUT2D eigenvalue weighted by Crippen LogP contribution is 2.32. The van der Waals surface area contributed by atoms with Crippen molar-refractivity contribution in [3.63, 3.8) is 0 Å². The molecule has 1 aromatic carbocycles. The Hall–Kier alpha value is -1.33. The highest BCUT2D eigenvalue weighted by atomic mass is 35.5. The Morgan fingerprint density at radius 1 is 1.47 bits per heavy atom. The zero-order valence-corrected chi connectivity index (χ0v) is 11.9. The number of benzene rings is 1. The number of anilines is 1. The number of nitrogens with zero attached hydrogens (tertiary/aromatic N) is 3. The molecule has 0 aliphatic carbocycles. The number of nitro benzene ring substituents is 1. The summed E-state index contributed by atoms with van der Waals surface area (Å²) in [5.74, 6) is 0.291. The average Bonchev–Trinajstić information content (AvgIpc) is 2.38. The highest BCUT2D eigenvalue weighted by Gasteiger charge is 2.27. The van der Waals surface area contributed by atoms with Gasteiger partial charge >= 0.3 is 0 Å². The van der Waals surface area contributed by atoms with E-state index in [1.54, 1.807) is 6.07 Å². The van der Waals surface area contributed by atoms with Gasteiger partial charge in [-0.15, -0.1) is 11.6 Å². The van der Waals surface area contributed by atoms with Crippen LogP contribution in [0.5, 0.6) is 0 Å². The Labute approximate surface area is 117 Å². The standard InChI is InChI=1S/C13H18ClN3O2/c1-10-9-15(2)5-6-16(10)12-4-3-11(8-14)7-13(12)17(18)19/h3-4,7,10H,5-6,8-9H2,1-2H3. The second-order valence-electron chi connectivity index (χ2n) is 5.02.